The van der Waals surface area contributed by atoms with Crippen molar-refractivity contribution in [2.75, 3.05) is 0 Å². The van der Waals surface area contributed by atoms with Crippen LogP contribution in [0.1, 0.15) is 22.2 Å². The van der Waals surface area contributed by atoms with Crippen LogP contribution >= 0.6 is 27.5 Å². The van der Waals surface area contributed by atoms with Gasteiger partial charge in [0.1, 0.15) is 5.82 Å². The maximum Gasteiger partial charge on any atom is 0.128 e. The van der Waals surface area contributed by atoms with Crippen molar-refractivity contribution in [3.63, 3.8) is 0 Å². The van der Waals surface area contributed by atoms with Crippen LogP contribution in [0.25, 0.3) is 0 Å². The van der Waals surface area contributed by atoms with E-state index in [0.29, 0.717) is 5.56 Å². The minimum absolute atomic E-state index is 0.316. The van der Waals surface area contributed by atoms with Gasteiger partial charge in [-0.1, -0.05) is 20.4 Å². The third-order valence-corrected chi connectivity index (χ3v) is 3.77. The Hall–Kier alpha value is -0.890. The lowest BCUT2D eigenvalue weighted by molar-refractivity contribution is 0.562. The van der Waals surface area contributed by atoms with E-state index in [1.165, 1.54) is 17.6 Å². The van der Waals surface area contributed by atoms with Crippen LogP contribution in [-0.4, -0.2) is 9.59 Å². The number of aromatic nitrogens is 2. The summed E-state index contributed by atoms with van der Waals surface area (Å²) in [5.41, 5.74) is 3.82. The second kappa shape index (κ2) is 5.18. The van der Waals surface area contributed by atoms with Gasteiger partial charge in [0, 0.05) is 10.0 Å². The molecule has 1 atom stereocenters. The molecule has 0 amide bonds. The molecule has 1 aromatic carbocycles. The molecule has 1 heterocycles. The summed E-state index contributed by atoms with van der Waals surface area (Å²) in [6.07, 6.45) is 0. The van der Waals surface area contributed by atoms with Gasteiger partial charge in [-0.3, -0.25) is 5.84 Å². The Kier molecular flexibility index (Phi) is 3.82. The number of hydrogen-bond donors (Lipinski definition) is 2. The van der Waals surface area contributed by atoms with Crippen molar-refractivity contribution in [2.45, 2.75) is 13.0 Å². The molecule has 1 aromatic heterocycles. The minimum atomic E-state index is -0.438. The van der Waals surface area contributed by atoms with Crippen LogP contribution in [-0.2, 0) is 0 Å². The van der Waals surface area contributed by atoms with Gasteiger partial charge < -0.3 is 0 Å². The van der Waals surface area contributed by atoms with Crippen LogP contribution in [0, 0.1) is 12.7 Å². The van der Waals surface area contributed by atoms with Crippen molar-refractivity contribution < 1.29 is 4.39 Å². The van der Waals surface area contributed by atoms with Crippen LogP contribution in [0.3, 0.4) is 0 Å². The van der Waals surface area contributed by atoms with Gasteiger partial charge in [-0.15, -0.1) is 5.10 Å². The average molecular weight is 317 g/mol. The lowest BCUT2D eigenvalue weighted by atomic mass is 10.0. The van der Waals surface area contributed by atoms with E-state index in [2.05, 4.69) is 30.9 Å². The molecule has 0 fully saturated rings. The fourth-order valence-electron chi connectivity index (χ4n) is 1.55. The quantitative estimate of drug-likeness (QED) is 0.673. The summed E-state index contributed by atoms with van der Waals surface area (Å²) in [6, 6.07) is 4.30. The molecule has 2 aromatic rings. The lowest BCUT2D eigenvalue weighted by Gasteiger charge is -2.15. The van der Waals surface area contributed by atoms with Gasteiger partial charge >= 0.3 is 0 Å². The molecule has 2 rings (SSSR count). The third kappa shape index (κ3) is 2.52. The molecule has 0 saturated carbocycles. The first-order chi connectivity index (χ1) is 8.13. The minimum Gasteiger partial charge on any atom is -0.271 e. The van der Waals surface area contributed by atoms with Crippen molar-refractivity contribution in [3.8, 4) is 0 Å². The van der Waals surface area contributed by atoms with Gasteiger partial charge in [-0.05, 0) is 36.7 Å². The maximum absolute atomic E-state index is 13.8. The maximum atomic E-state index is 13.8. The number of hydrogen-bond acceptors (Lipinski definition) is 5. The van der Waals surface area contributed by atoms with Crippen LogP contribution in [0.15, 0.2) is 22.7 Å². The topological polar surface area (TPSA) is 63.8 Å². The molecule has 4 nitrogen and oxygen atoms in total. The average Bonchev–Trinajstić information content (AvgIpc) is 2.71. The molecule has 17 heavy (non-hydrogen) atoms. The third-order valence-electron chi connectivity index (χ3n) is 2.38. The first-order valence-corrected chi connectivity index (χ1v) is 6.40. The van der Waals surface area contributed by atoms with E-state index >= 15 is 0 Å². The lowest BCUT2D eigenvalue weighted by Crippen LogP contribution is -2.29. The Morgan fingerprint density at radius 2 is 2.29 bits per heavy atom. The molecule has 0 saturated heterocycles. The highest BCUT2D eigenvalue weighted by Crippen LogP contribution is 2.29. The standard InChI is InChI=1S/C10H10BrFN4S/c1-5-10(17-16-15-5)9(14-13)7-4-6(11)2-3-8(7)12/h2-4,9,14H,13H2,1H3. The summed E-state index contributed by atoms with van der Waals surface area (Å²) in [5.74, 6) is 5.19. The Labute approximate surface area is 110 Å². The number of nitrogens with zero attached hydrogens (tertiary/aromatic N) is 2. The summed E-state index contributed by atoms with van der Waals surface area (Å²) in [4.78, 5) is 0.810. The summed E-state index contributed by atoms with van der Waals surface area (Å²) in [6.45, 7) is 1.82. The largest absolute Gasteiger partial charge is 0.271 e. The van der Waals surface area contributed by atoms with E-state index in [1.54, 1.807) is 12.1 Å². The van der Waals surface area contributed by atoms with Crippen LogP contribution in [0.4, 0.5) is 4.39 Å². The molecule has 90 valence electrons. The van der Waals surface area contributed by atoms with Crippen molar-refractivity contribution in [3.05, 3.63) is 44.6 Å². The zero-order chi connectivity index (χ0) is 12.4. The number of benzene rings is 1. The molecule has 0 spiro atoms. The molecule has 0 aliphatic carbocycles. The fraction of sp³-hybridized carbons (Fsp3) is 0.200. The highest BCUT2D eigenvalue weighted by Gasteiger charge is 2.21. The van der Waals surface area contributed by atoms with E-state index in [0.717, 1.165) is 15.0 Å². The molecule has 1 unspecified atom stereocenters. The molecule has 0 aliphatic heterocycles. The van der Waals surface area contributed by atoms with Crippen molar-refractivity contribution in [1.29, 1.82) is 0 Å². The summed E-state index contributed by atoms with van der Waals surface area (Å²) < 4.78 is 18.4. The number of hydrazine groups is 1. The van der Waals surface area contributed by atoms with Crippen LogP contribution in [0.2, 0.25) is 0 Å². The predicted molar refractivity (Wildman–Crippen MR) is 67.9 cm³/mol. The smallest absolute Gasteiger partial charge is 0.128 e. The van der Waals surface area contributed by atoms with Gasteiger partial charge in [0.25, 0.3) is 0 Å². The molecular formula is C10H10BrFN4S. The summed E-state index contributed by atoms with van der Waals surface area (Å²) >= 11 is 4.52. The Bertz CT molecular complexity index is 531. The summed E-state index contributed by atoms with van der Waals surface area (Å²) in [7, 11) is 0. The van der Waals surface area contributed by atoms with Crippen molar-refractivity contribution in [2.24, 2.45) is 5.84 Å². The fourth-order valence-corrected chi connectivity index (χ4v) is 2.65. The van der Waals surface area contributed by atoms with Crippen molar-refractivity contribution in [1.82, 2.24) is 15.0 Å². The Morgan fingerprint density at radius 1 is 1.53 bits per heavy atom. The molecule has 3 N–H and O–H groups in total. The number of rotatable bonds is 3. The molecule has 7 heteroatoms. The van der Waals surface area contributed by atoms with E-state index in [-0.39, 0.29) is 5.82 Å². The second-order valence-corrected chi connectivity index (χ2v) is 5.19. The molecule has 0 aliphatic rings. The SMILES string of the molecule is Cc1nnsc1C(NN)c1cc(Br)ccc1F. The summed E-state index contributed by atoms with van der Waals surface area (Å²) in [5, 5.41) is 3.90. The van der Waals surface area contributed by atoms with Gasteiger partial charge in [-0.25, -0.2) is 9.82 Å². The van der Waals surface area contributed by atoms with Crippen LogP contribution in [0.5, 0.6) is 0 Å². The molecule has 0 bridgehead atoms. The van der Waals surface area contributed by atoms with Crippen molar-refractivity contribution >= 4 is 27.5 Å². The monoisotopic (exact) mass is 316 g/mol. The zero-order valence-corrected chi connectivity index (χ0v) is 11.3. The first kappa shape index (κ1) is 12.6. The predicted octanol–water partition coefficient (Wildman–Crippen LogP) is 2.30. The molecular weight excluding hydrogens is 307 g/mol. The number of nitrogens with two attached hydrogens (primary N) is 1. The molecule has 0 radical (unpaired) electrons. The van der Waals surface area contributed by atoms with Gasteiger partial charge in [-0.2, -0.15) is 0 Å². The highest BCUT2D eigenvalue weighted by atomic mass is 79.9. The Balaban J connectivity index is 2.49. The van der Waals surface area contributed by atoms with E-state index in [4.69, 9.17) is 5.84 Å². The van der Waals surface area contributed by atoms with Gasteiger partial charge in [0.2, 0.25) is 0 Å². The van der Waals surface area contributed by atoms with Gasteiger partial charge in [0.15, 0.2) is 0 Å². The number of aryl methyl sites for hydroxylation is 1. The first-order valence-electron chi connectivity index (χ1n) is 4.83. The Morgan fingerprint density at radius 3 is 2.88 bits per heavy atom. The van der Waals surface area contributed by atoms with E-state index in [9.17, 15) is 4.39 Å². The van der Waals surface area contributed by atoms with Gasteiger partial charge in [0.05, 0.1) is 16.6 Å². The zero-order valence-electron chi connectivity index (χ0n) is 8.95. The normalized spacial score (nSPS) is 12.7. The van der Waals surface area contributed by atoms with E-state index in [1.807, 2.05) is 6.92 Å². The van der Waals surface area contributed by atoms with E-state index < -0.39 is 6.04 Å². The number of nitrogens with one attached hydrogen (secondary N) is 1. The van der Waals surface area contributed by atoms with Crippen LogP contribution < -0.4 is 11.3 Å². The number of halogens is 2. The highest BCUT2D eigenvalue weighted by molar-refractivity contribution is 9.10. The second-order valence-electron chi connectivity index (χ2n) is 3.49.